The second-order valence-electron chi connectivity index (χ2n) is 4.02. The van der Waals surface area contributed by atoms with Gasteiger partial charge < -0.3 is 9.64 Å². The molecular formula is C13H17BrINO2. The molecule has 0 radical (unpaired) electrons. The maximum absolute atomic E-state index is 12.5. The van der Waals surface area contributed by atoms with Gasteiger partial charge in [0.1, 0.15) is 0 Å². The first-order valence-corrected chi connectivity index (χ1v) is 7.63. The molecule has 0 fully saturated rings. The van der Waals surface area contributed by atoms with Crippen LogP contribution in [0.15, 0.2) is 22.7 Å². The van der Waals surface area contributed by atoms with Crippen LogP contribution in [0.2, 0.25) is 0 Å². The van der Waals surface area contributed by atoms with E-state index in [1.807, 2.05) is 36.9 Å². The largest absolute Gasteiger partial charge is 0.383 e. The number of carbonyl (C=O) groups excluding carboxylic acids is 1. The number of rotatable bonds is 5. The Bertz CT molecular complexity index is 425. The second-order valence-corrected chi connectivity index (χ2v) is 6.12. The molecule has 0 bridgehead atoms. The van der Waals surface area contributed by atoms with Gasteiger partial charge in [-0.05, 0) is 70.6 Å². The fraction of sp³-hybridized carbons (Fsp3) is 0.462. The van der Waals surface area contributed by atoms with Crippen LogP contribution in [0, 0.1) is 3.57 Å². The molecular weight excluding hydrogens is 409 g/mol. The molecule has 0 aliphatic rings. The summed E-state index contributed by atoms with van der Waals surface area (Å²) in [7, 11) is 1.65. The topological polar surface area (TPSA) is 29.5 Å². The van der Waals surface area contributed by atoms with Crippen LogP contribution in [0.3, 0.4) is 0 Å². The van der Waals surface area contributed by atoms with Crippen molar-refractivity contribution in [1.82, 2.24) is 4.90 Å². The molecule has 0 heterocycles. The lowest BCUT2D eigenvalue weighted by atomic mass is 10.1. The fourth-order valence-corrected chi connectivity index (χ4v) is 2.71. The minimum absolute atomic E-state index is 0.0347. The number of amides is 1. The summed E-state index contributed by atoms with van der Waals surface area (Å²) in [6.07, 6.45) is 0. The van der Waals surface area contributed by atoms with Gasteiger partial charge in [0.15, 0.2) is 0 Å². The van der Waals surface area contributed by atoms with Crippen molar-refractivity contribution < 1.29 is 9.53 Å². The normalized spacial score (nSPS) is 12.3. The monoisotopic (exact) mass is 425 g/mol. The standard InChI is InChI=1S/C13H17BrINO2/c1-4-16(9(2)8-18-3)13(17)11-7-10(15)5-6-12(11)14/h5-7,9H,4,8H2,1-3H3. The van der Waals surface area contributed by atoms with Gasteiger partial charge >= 0.3 is 0 Å². The van der Waals surface area contributed by atoms with E-state index in [1.54, 1.807) is 7.11 Å². The van der Waals surface area contributed by atoms with Crippen LogP contribution in [-0.4, -0.2) is 37.1 Å². The van der Waals surface area contributed by atoms with E-state index in [0.717, 1.165) is 8.04 Å². The number of nitrogens with zero attached hydrogens (tertiary/aromatic N) is 1. The third kappa shape index (κ3) is 3.93. The number of likely N-dealkylation sites (N-methyl/N-ethyl adjacent to an activating group) is 1. The molecule has 3 nitrogen and oxygen atoms in total. The van der Waals surface area contributed by atoms with E-state index in [9.17, 15) is 4.79 Å². The molecule has 1 unspecified atom stereocenters. The highest BCUT2D eigenvalue weighted by molar-refractivity contribution is 14.1. The van der Waals surface area contributed by atoms with E-state index < -0.39 is 0 Å². The lowest BCUT2D eigenvalue weighted by molar-refractivity contribution is 0.0578. The molecule has 0 saturated heterocycles. The van der Waals surface area contributed by atoms with Crippen molar-refractivity contribution in [2.45, 2.75) is 19.9 Å². The predicted octanol–water partition coefficient (Wildman–Crippen LogP) is 3.55. The third-order valence-corrected chi connectivity index (χ3v) is 4.06. The quantitative estimate of drug-likeness (QED) is 0.675. The van der Waals surface area contributed by atoms with Gasteiger partial charge in [-0.3, -0.25) is 4.79 Å². The molecule has 18 heavy (non-hydrogen) atoms. The highest BCUT2D eigenvalue weighted by Crippen LogP contribution is 2.22. The molecule has 1 atom stereocenters. The average Bonchev–Trinajstić information content (AvgIpc) is 2.33. The Morgan fingerprint density at radius 2 is 2.22 bits per heavy atom. The van der Waals surface area contributed by atoms with Gasteiger partial charge in [-0.1, -0.05) is 0 Å². The van der Waals surface area contributed by atoms with Crippen LogP contribution in [0.1, 0.15) is 24.2 Å². The van der Waals surface area contributed by atoms with Crippen molar-refractivity contribution in [1.29, 1.82) is 0 Å². The number of carbonyl (C=O) groups is 1. The molecule has 0 aliphatic carbocycles. The summed E-state index contributed by atoms with van der Waals surface area (Å²) in [6, 6.07) is 5.84. The zero-order chi connectivity index (χ0) is 13.7. The van der Waals surface area contributed by atoms with Gasteiger partial charge in [-0.15, -0.1) is 0 Å². The predicted molar refractivity (Wildman–Crippen MR) is 84.9 cm³/mol. The molecule has 0 N–H and O–H groups in total. The number of halogens is 2. The molecule has 5 heteroatoms. The highest BCUT2D eigenvalue weighted by Gasteiger charge is 2.21. The Balaban J connectivity index is 2.99. The average molecular weight is 426 g/mol. The number of ether oxygens (including phenoxy) is 1. The zero-order valence-corrected chi connectivity index (χ0v) is 14.5. The summed E-state index contributed by atoms with van der Waals surface area (Å²) < 4.78 is 7.00. The molecule has 0 aliphatic heterocycles. The van der Waals surface area contributed by atoms with Crippen LogP contribution in [0.4, 0.5) is 0 Å². The lowest BCUT2D eigenvalue weighted by Crippen LogP contribution is -2.41. The van der Waals surface area contributed by atoms with E-state index in [-0.39, 0.29) is 11.9 Å². The van der Waals surface area contributed by atoms with Crippen LogP contribution in [-0.2, 0) is 4.74 Å². The van der Waals surface area contributed by atoms with E-state index in [2.05, 4.69) is 38.5 Å². The maximum Gasteiger partial charge on any atom is 0.255 e. The summed E-state index contributed by atoms with van der Waals surface area (Å²) in [4.78, 5) is 14.3. The molecule has 1 aromatic rings. The van der Waals surface area contributed by atoms with Crippen molar-refractivity contribution in [3.63, 3.8) is 0 Å². The fourth-order valence-electron chi connectivity index (χ4n) is 1.80. The van der Waals surface area contributed by atoms with Crippen molar-refractivity contribution in [3.05, 3.63) is 31.8 Å². The van der Waals surface area contributed by atoms with Crippen molar-refractivity contribution >= 4 is 44.4 Å². The first kappa shape index (κ1) is 15.9. The van der Waals surface area contributed by atoms with Gasteiger partial charge in [-0.2, -0.15) is 0 Å². The Labute approximate surface area is 130 Å². The smallest absolute Gasteiger partial charge is 0.255 e. The van der Waals surface area contributed by atoms with Gasteiger partial charge in [0, 0.05) is 21.7 Å². The lowest BCUT2D eigenvalue weighted by Gasteiger charge is -2.28. The Kier molecular flexibility index (Phi) is 6.59. The van der Waals surface area contributed by atoms with Crippen molar-refractivity contribution in [2.75, 3.05) is 20.3 Å². The molecule has 1 amide bonds. The molecule has 100 valence electrons. The first-order chi connectivity index (χ1) is 8.51. The first-order valence-electron chi connectivity index (χ1n) is 5.76. The summed E-state index contributed by atoms with van der Waals surface area (Å²) in [5.41, 5.74) is 0.701. The van der Waals surface area contributed by atoms with Crippen LogP contribution in [0.5, 0.6) is 0 Å². The van der Waals surface area contributed by atoms with Gasteiger partial charge in [0.25, 0.3) is 5.91 Å². The van der Waals surface area contributed by atoms with E-state index >= 15 is 0 Å². The molecule has 0 saturated carbocycles. The minimum Gasteiger partial charge on any atom is -0.383 e. The summed E-state index contributed by atoms with van der Waals surface area (Å²) in [5.74, 6) is 0.0347. The summed E-state index contributed by atoms with van der Waals surface area (Å²) in [6.45, 7) is 5.18. The van der Waals surface area contributed by atoms with Crippen molar-refractivity contribution in [3.8, 4) is 0 Å². The minimum atomic E-state index is 0.0347. The van der Waals surface area contributed by atoms with Crippen LogP contribution < -0.4 is 0 Å². The van der Waals surface area contributed by atoms with Crippen molar-refractivity contribution in [2.24, 2.45) is 0 Å². The van der Waals surface area contributed by atoms with Crippen LogP contribution in [0.25, 0.3) is 0 Å². The van der Waals surface area contributed by atoms with Gasteiger partial charge in [0.05, 0.1) is 18.2 Å². The van der Waals surface area contributed by atoms with Gasteiger partial charge in [-0.25, -0.2) is 0 Å². The van der Waals surface area contributed by atoms with E-state index in [0.29, 0.717) is 18.7 Å². The number of benzene rings is 1. The number of hydrogen-bond acceptors (Lipinski definition) is 2. The van der Waals surface area contributed by atoms with Gasteiger partial charge in [0.2, 0.25) is 0 Å². The van der Waals surface area contributed by atoms with E-state index in [1.165, 1.54) is 0 Å². The van der Waals surface area contributed by atoms with Crippen LogP contribution >= 0.6 is 38.5 Å². The summed E-state index contributed by atoms with van der Waals surface area (Å²) >= 11 is 5.64. The SMILES string of the molecule is CCN(C(=O)c1cc(I)ccc1Br)C(C)COC. The summed E-state index contributed by atoms with van der Waals surface area (Å²) in [5, 5.41) is 0. The molecule has 0 aromatic heterocycles. The third-order valence-electron chi connectivity index (χ3n) is 2.70. The van der Waals surface area contributed by atoms with E-state index in [4.69, 9.17) is 4.74 Å². The molecule has 1 rings (SSSR count). The molecule has 0 spiro atoms. The molecule has 1 aromatic carbocycles. The zero-order valence-electron chi connectivity index (χ0n) is 10.7. The number of hydrogen-bond donors (Lipinski definition) is 0. The Morgan fingerprint density at radius 1 is 1.56 bits per heavy atom. The number of methoxy groups -OCH3 is 1. The maximum atomic E-state index is 12.5. The Morgan fingerprint density at radius 3 is 2.78 bits per heavy atom. The second kappa shape index (κ2) is 7.45. The highest BCUT2D eigenvalue weighted by atomic mass is 127. The Hall–Kier alpha value is -0.140.